The molecule has 0 aliphatic heterocycles. The van der Waals surface area contributed by atoms with Crippen LogP contribution in [0.4, 0.5) is 8.78 Å². The molecular weight excluding hydrogens is 258 g/mol. The van der Waals surface area contributed by atoms with Crippen LogP contribution in [0, 0.1) is 0 Å². The van der Waals surface area contributed by atoms with Crippen LogP contribution in [-0.4, -0.2) is 5.75 Å². The highest BCUT2D eigenvalue weighted by molar-refractivity contribution is 8.21. The van der Waals surface area contributed by atoms with Crippen molar-refractivity contribution in [3.05, 3.63) is 46.2 Å². The first kappa shape index (κ1) is 14.6. The summed E-state index contributed by atoms with van der Waals surface area (Å²) >= 11 is 2.49. The van der Waals surface area contributed by atoms with Crippen LogP contribution in [-0.2, 0) is 5.75 Å². The molecule has 1 aromatic carbocycles. The number of hydrogen-bond acceptors (Lipinski definition) is 2. The lowest BCUT2D eigenvalue weighted by Gasteiger charge is -2.05. The van der Waals surface area contributed by atoms with Crippen molar-refractivity contribution in [3.63, 3.8) is 0 Å². The summed E-state index contributed by atoms with van der Waals surface area (Å²) in [5.74, 6) is 1.37. The highest BCUT2D eigenvalue weighted by Gasteiger charge is 2.08. The summed E-state index contributed by atoms with van der Waals surface area (Å²) in [6, 6.07) is 9.69. The smallest absolute Gasteiger partial charge is 0.172 e. The number of hydrogen-bond donors (Lipinski definition) is 0. The largest absolute Gasteiger partial charge is 0.290 e. The third-order valence-electron chi connectivity index (χ3n) is 2.10. The van der Waals surface area contributed by atoms with Crippen molar-refractivity contribution in [1.29, 1.82) is 0 Å². The lowest BCUT2D eigenvalue weighted by Crippen LogP contribution is -1.83. The van der Waals surface area contributed by atoms with Crippen molar-refractivity contribution in [1.82, 2.24) is 0 Å². The maximum atomic E-state index is 12.7. The van der Waals surface area contributed by atoms with Gasteiger partial charge in [0.25, 0.3) is 6.08 Å². The Balaban J connectivity index is 2.43. The van der Waals surface area contributed by atoms with E-state index in [9.17, 15) is 8.78 Å². The summed E-state index contributed by atoms with van der Waals surface area (Å²) in [7, 11) is 0. The van der Waals surface area contributed by atoms with Gasteiger partial charge in [0, 0.05) is 5.75 Å². The fraction of sp³-hybridized carbons (Fsp3) is 0.385. The molecule has 0 fully saturated rings. The number of rotatable bonds is 7. The molecule has 0 atom stereocenters. The normalized spacial score (nSPS) is 10.3. The van der Waals surface area contributed by atoms with Crippen LogP contribution in [0.5, 0.6) is 0 Å². The number of unbranched alkanes of at least 4 members (excludes halogenated alkanes) is 1. The highest BCUT2D eigenvalue weighted by Crippen LogP contribution is 2.35. The molecule has 1 aromatic rings. The summed E-state index contributed by atoms with van der Waals surface area (Å²) in [5.41, 5.74) is 1.08. The van der Waals surface area contributed by atoms with Gasteiger partial charge in [-0.1, -0.05) is 43.7 Å². The first-order valence-corrected chi connectivity index (χ1v) is 7.56. The van der Waals surface area contributed by atoms with Crippen LogP contribution in [0.25, 0.3) is 0 Å². The molecule has 0 nitrogen and oxygen atoms in total. The minimum Gasteiger partial charge on any atom is -0.172 e. The van der Waals surface area contributed by atoms with Gasteiger partial charge in [-0.2, -0.15) is 8.78 Å². The van der Waals surface area contributed by atoms with Crippen LogP contribution >= 0.6 is 23.5 Å². The summed E-state index contributed by atoms with van der Waals surface area (Å²) in [4.78, 5) is 0. The standard InChI is InChI=1S/C13H16F2S2/c1-2-3-9-16-13(12(14)15)17-10-11-7-5-4-6-8-11/h4-8H,2-3,9-10H2,1H3. The predicted octanol–water partition coefficient (Wildman–Crippen LogP) is 5.52. The third kappa shape index (κ3) is 6.13. The van der Waals surface area contributed by atoms with Gasteiger partial charge in [-0.15, -0.1) is 23.5 Å². The van der Waals surface area contributed by atoms with Crippen LogP contribution in [0.15, 0.2) is 40.6 Å². The van der Waals surface area contributed by atoms with E-state index < -0.39 is 6.08 Å². The molecule has 17 heavy (non-hydrogen) atoms. The monoisotopic (exact) mass is 274 g/mol. The lowest BCUT2D eigenvalue weighted by molar-refractivity contribution is 0.422. The molecule has 0 saturated carbocycles. The molecule has 0 radical (unpaired) electrons. The summed E-state index contributed by atoms with van der Waals surface area (Å²) in [6.07, 6.45) is 0.470. The molecule has 1 rings (SSSR count). The molecule has 0 bridgehead atoms. The Morgan fingerprint density at radius 3 is 2.41 bits per heavy atom. The van der Waals surface area contributed by atoms with E-state index in [0.717, 1.165) is 24.2 Å². The van der Waals surface area contributed by atoms with E-state index in [4.69, 9.17) is 0 Å². The van der Waals surface area contributed by atoms with E-state index >= 15 is 0 Å². The van der Waals surface area contributed by atoms with Crippen molar-refractivity contribution in [2.45, 2.75) is 25.5 Å². The Morgan fingerprint density at radius 1 is 1.12 bits per heavy atom. The second kappa shape index (κ2) is 8.59. The van der Waals surface area contributed by atoms with E-state index in [1.807, 2.05) is 30.3 Å². The zero-order valence-electron chi connectivity index (χ0n) is 9.79. The Bertz CT molecular complexity index is 346. The van der Waals surface area contributed by atoms with Crippen LogP contribution in [0.3, 0.4) is 0 Å². The Morgan fingerprint density at radius 2 is 1.82 bits per heavy atom. The Kier molecular flexibility index (Phi) is 7.37. The van der Waals surface area contributed by atoms with E-state index in [1.165, 1.54) is 23.5 Å². The van der Waals surface area contributed by atoms with Crippen molar-refractivity contribution in [3.8, 4) is 0 Å². The van der Waals surface area contributed by atoms with Gasteiger partial charge in [-0.05, 0) is 17.7 Å². The molecule has 94 valence electrons. The summed E-state index contributed by atoms with van der Waals surface area (Å²) < 4.78 is 25.5. The fourth-order valence-corrected chi connectivity index (χ4v) is 3.27. The van der Waals surface area contributed by atoms with Crippen LogP contribution in [0.1, 0.15) is 25.3 Å². The van der Waals surface area contributed by atoms with Gasteiger partial charge in [-0.25, -0.2) is 0 Å². The second-order valence-electron chi connectivity index (χ2n) is 3.52. The molecule has 0 aromatic heterocycles. The second-order valence-corrected chi connectivity index (χ2v) is 5.87. The van der Waals surface area contributed by atoms with E-state index in [-0.39, 0.29) is 4.24 Å². The van der Waals surface area contributed by atoms with Gasteiger partial charge in [0.15, 0.2) is 0 Å². The van der Waals surface area contributed by atoms with Gasteiger partial charge >= 0.3 is 0 Å². The van der Waals surface area contributed by atoms with Crippen LogP contribution < -0.4 is 0 Å². The van der Waals surface area contributed by atoms with Crippen molar-refractivity contribution < 1.29 is 8.78 Å². The topological polar surface area (TPSA) is 0 Å². The van der Waals surface area contributed by atoms with Crippen molar-refractivity contribution in [2.75, 3.05) is 5.75 Å². The molecule has 0 aliphatic rings. The molecule has 0 spiro atoms. The molecule has 4 heteroatoms. The summed E-state index contributed by atoms with van der Waals surface area (Å²) in [6.45, 7) is 2.06. The summed E-state index contributed by atoms with van der Waals surface area (Å²) in [5, 5.41) is 0. The quantitative estimate of drug-likeness (QED) is 0.600. The van der Waals surface area contributed by atoms with Gasteiger partial charge in [-0.3, -0.25) is 0 Å². The van der Waals surface area contributed by atoms with Crippen LogP contribution in [0.2, 0.25) is 0 Å². The van der Waals surface area contributed by atoms with Gasteiger partial charge in [0.2, 0.25) is 0 Å². The first-order valence-electron chi connectivity index (χ1n) is 5.58. The minimum atomic E-state index is -1.55. The minimum absolute atomic E-state index is 0.169. The van der Waals surface area contributed by atoms with E-state index in [0.29, 0.717) is 5.75 Å². The van der Waals surface area contributed by atoms with Crippen molar-refractivity contribution in [2.24, 2.45) is 0 Å². The zero-order chi connectivity index (χ0) is 12.5. The van der Waals surface area contributed by atoms with Gasteiger partial charge in [0.05, 0.1) is 0 Å². The lowest BCUT2D eigenvalue weighted by atomic mass is 10.2. The van der Waals surface area contributed by atoms with E-state index in [2.05, 4.69) is 6.92 Å². The average molecular weight is 274 g/mol. The number of halogens is 2. The maximum Gasteiger partial charge on any atom is 0.290 e. The first-order chi connectivity index (χ1) is 8.24. The Hall–Kier alpha value is -0.480. The van der Waals surface area contributed by atoms with Gasteiger partial charge < -0.3 is 0 Å². The molecule has 0 N–H and O–H groups in total. The molecule has 0 amide bonds. The molecule has 0 heterocycles. The number of thioether (sulfide) groups is 2. The van der Waals surface area contributed by atoms with E-state index in [1.54, 1.807) is 0 Å². The highest BCUT2D eigenvalue weighted by atomic mass is 32.2. The average Bonchev–Trinajstić information content (AvgIpc) is 2.34. The molecule has 0 unspecified atom stereocenters. The molecule has 0 saturated heterocycles. The van der Waals surface area contributed by atoms with Crippen molar-refractivity contribution >= 4 is 23.5 Å². The number of benzene rings is 1. The SMILES string of the molecule is CCCCSC(SCc1ccccc1)=C(F)F. The third-order valence-corrected chi connectivity index (χ3v) is 4.61. The molecule has 0 aliphatic carbocycles. The maximum absolute atomic E-state index is 12.7. The predicted molar refractivity (Wildman–Crippen MR) is 74.3 cm³/mol. The molecular formula is C13H16F2S2. The fourth-order valence-electron chi connectivity index (χ4n) is 1.18. The zero-order valence-corrected chi connectivity index (χ0v) is 11.4. The van der Waals surface area contributed by atoms with Gasteiger partial charge in [0.1, 0.15) is 4.24 Å². The Labute approximate surface area is 110 Å².